The number of aliphatic hydroxyl groups excluding tert-OH is 1. The molecule has 2 aromatic carbocycles. The largest absolute Gasteiger partial charge is 0.453 e. The normalized spacial score (nSPS) is 14.6. The average molecular weight is 227 g/mol. The molecule has 2 aromatic rings. The molecule has 3 rings (SSSR count). The molecule has 0 spiro atoms. The fourth-order valence-electron chi connectivity index (χ4n) is 2.14. The quantitative estimate of drug-likeness (QED) is 0.811. The molecule has 0 amide bonds. The van der Waals surface area contributed by atoms with E-state index in [4.69, 9.17) is 4.74 Å². The standard InChI is InChI=1S/C14H13NO2/c1-10(16)15-11-6-2-4-8-13(11)17-14-9-5-3-7-12(14)15/h2-10,16H,1H3. The second-order valence-electron chi connectivity index (χ2n) is 4.04. The Morgan fingerprint density at radius 3 is 1.88 bits per heavy atom. The van der Waals surface area contributed by atoms with E-state index in [1.165, 1.54) is 0 Å². The zero-order valence-corrected chi connectivity index (χ0v) is 9.50. The molecular formula is C14H13NO2. The highest BCUT2D eigenvalue weighted by molar-refractivity contribution is 5.77. The van der Waals surface area contributed by atoms with E-state index in [0.29, 0.717) is 0 Å². The van der Waals surface area contributed by atoms with Gasteiger partial charge in [-0.2, -0.15) is 0 Å². The first-order valence-corrected chi connectivity index (χ1v) is 5.60. The summed E-state index contributed by atoms with van der Waals surface area (Å²) in [5, 5.41) is 9.94. The summed E-state index contributed by atoms with van der Waals surface area (Å²) in [4.78, 5) is 1.87. The minimum absolute atomic E-state index is 0.596. The first-order chi connectivity index (χ1) is 8.27. The third-order valence-corrected chi connectivity index (χ3v) is 2.84. The third kappa shape index (κ3) is 1.56. The van der Waals surface area contributed by atoms with Crippen LogP contribution in [0.1, 0.15) is 6.92 Å². The summed E-state index contributed by atoms with van der Waals surface area (Å²) in [6, 6.07) is 15.4. The van der Waals surface area contributed by atoms with Gasteiger partial charge < -0.3 is 14.7 Å². The first kappa shape index (κ1) is 10.2. The van der Waals surface area contributed by atoms with Gasteiger partial charge in [0.2, 0.25) is 0 Å². The number of hydrogen-bond donors (Lipinski definition) is 1. The van der Waals surface area contributed by atoms with E-state index in [1.54, 1.807) is 6.92 Å². The smallest absolute Gasteiger partial charge is 0.151 e. The molecule has 3 heteroatoms. The summed E-state index contributed by atoms with van der Waals surface area (Å²) < 4.78 is 5.81. The maximum Gasteiger partial charge on any atom is 0.151 e. The van der Waals surface area contributed by atoms with Crippen LogP contribution in [0.25, 0.3) is 0 Å². The van der Waals surface area contributed by atoms with Gasteiger partial charge in [0, 0.05) is 0 Å². The fourth-order valence-corrected chi connectivity index (χ4v) is 2.14. The topological polar surface area (TPSA) is 32.7 Å². The second-order valence-corrected chi connectivity index (χ2v) is 4.04. The van der Waals surface area contributed by atoms with Gasteiger partial charge in [0.05, 0.1) is 11.4 Å². The molecule has 17 heavy (non-hydrogen) atoms. The van der Waals surface area contributed by atoms with Crippen LogP contribution in [0.15, 0.2) is 48.5 Å². The molecule has 0 bridgehead atoms. The maximum atomic E-state index is 9.94. The maximum absolute atomic E-state index is 9.94. The molecular weight excluding hydrogens is 214 g/mol. The van der Waals surface area contributed by atoms with Gasteiger partial charge in [-0.25, -0.2) is 0 Å². The fraction of sp³-hybridized carbons (Fsp3) is 0.143. The van der Waals surface area contributed by atoms with Crippen molar-refractivity contribution < 1.29 is 9.84 Å². The van der Waals surface area contributed by atoms with E-state index in [1.807, 2.05) is 53.4 Å². The molecule has 86 valence electrons. The number of anilines is 2. The van der Waals surface area contributed by atoms with Crippen molar-refractivity contribution in [2.75, 3.05) is 4.90 Å². The van der Waals surface area contributed by atoms with Crippen molar-refractivity contribution in [3.8, 4) is 11.5 Å². The van der Waals surface area contributed by atoms with Crippen LogP contribution in [-0.4, -0.2) is 11.3 Å². The summed E-state index contributed by atoms with van der Waals surface area (Å²) in [6.07, 6.45) is -0.596. The Morgan fingerprint density at radius 2 is 1.41 bits per heavy atom. The Morgan fingerprint density at radius 1 is 0.941 bits per heavy atom. The van der Waals surface area contributed by atoms with Crippen molar-refractivity contribution in [2.45, 2.75) is 13.2 Å². The van der Waals surface area contributed by atoms with Crippen molar-refractivity contribution in [3.63, 3.8) is 0 Å². The highest BCUT2D eigenvalue weighted by atomic mass is 16.5. The molecule has 0 aromatic heterocycles. The lowest BCUT2D eigenvalue weighted by molar-refractivity contribution is 0.198. The van der Waals surface area contributed by atoms with Crippen molar-refractivity contribution >= 4 is 11.4 Å². The second kappa shape index (κ2) is 3.79. The molecule has 1 aliphatic heterocycles. The SMILES string of the molecule is CC(O)N1c2ccccc2Oc2ccccc21. The molecule has 1 heterocycles. The van der Waals surface area contributed by atoms with Crippen molar-refractivity contribution in [1.82, 2.24) is 0 Å². The molecule has 1 N–H and O–H groups in total. The summed E-state index contributed by atoms with van der Waals surface area (Å²) in [6.45, 7) is 1.75. The van der Waals surface area contributed by atoms with Crippen LogP contribution in [-0.2, 0) is 0 Å². The van der Waals surface area contributed by atoms with E-state index in [9.17, 15) is 5.11 Å². The van der Waals surface area contributed by atoms with Gasteiger partial charge in [0.25, 0.3) is 0 Å². The molecule has 0 saturated heterocycles. The Bertz CT molecular complexity index is 506. The van der Waals surface area contributed by atoms with Crippen LogP contribution in [0.2, 0.25) is 0 Å². The van der Waals surface area contributed by atoms with Crippen molar-refractivity contribution in [2.24, 2.45) is 0 Å². The predicted octanol–water partition coefficient (Wildman–Crippen LogP) is 3.27. The van der Waals surface area contributed by atoms with Crippen molar-refractivity contribution in [1.29, 1.82) is 0 Å². The summed E-state index contributed by atoms with van der Waals surface area (Å²) in [5.74, 6) is 1.54. The zero-order chi connectivity index (χ0) is 11.8. The minimum Gasteiger partial charge on any atom is -0.453 e. The molecule has 1 unspecified atom stereocenters. The first-order valence-electron chi connectivity index (χ1n) is 5.60. The van der Waals surface area contributed by atoms with Gasteiger partial charge in [-0.1, -0.05) is 24.3 Å². The molecule has 1 aliphatic rings. The van der Waals surface area contributed by atoms with E-state index in [2.05, 4.69) is 0 Å². The molecule has 0 aliphatic carbocycles. The van der Waals surface area contributed by atoms with Gasteiger partial charge >= 0.3 is 0 Å². The Labute approximate surface area is 99.9 Å². The highest BCUT2D eigenvalue weighted by Crippen LogP contribution is 2.46. The number of nitrogens with zero attached hydrogens (tertiary/aromatic N) is 1. The van der Waals surface area contributed by atoms with Crippen LogP contribution >= 0.6 is 0 Å². The number of rotatable bonds is 1. The van der Waals surface area contributed by atoms with Gasteiger partial charge in [0.15, 0.2) is 11.5 Å². The highest BCUT2D eigenvalue weighted by Gasteiger charge is 2.26. The van der Waals surface area contributed by atoms with Crippen LogP contribution < -0.4 is 9.64 Å². The number of para-hydroxylation sites is 4. The molecule has 0 fully saturated rings. The van der Waals surface area contributed by atoms with E-state index < -0.39 is 6.23 Å². The Hall–Kier alpha value is -2.00. The predicted molar refractivity (Wildman–Crippen MR) is 66.8 cm³/mol. The van der Waals surface area contributed by atoms with Crippen LogP contribution in [0, 0.1) is 0 Å². The summed E-state index contributed by atoms with van der Waals surface area (Å²) in [5.41, 5.74) is 1.78. The minimum atomic E-state index is -0.596. The lowest BCUT2D eigenvalue weighted by atomic mass is 10.1. The monoisotopic (exact) mass is 227 g/mol. The lowest BCUT2D eigenvalue weighted by Crippen LogP contribution is -2.30. The molecule has 3 nitrogen and oxygen atoms in total. The van der Waals surface area contributed by atoms with Crippen molar-refractivity contribution in [3.05, 3.63) is 48.5 Å². The van der Waals surface area contributed by atoms with Crippen LogP contribution in [0.4, 0.5) is 11.4 Å². The van der Waals surface area contributed by atoms with Crippen LogP contribution in [0.3, 0.4) is 0 Å². The number of aliphatic hydroxyl groups is 1. The van der Waals surface area contributed by atoms with Gasteiger partial charge in [-0.3, -0.25) is 0 Å². The number of benzene rings is 2. The number of hydrogen-bond acceptors (Lipinski definition) is 3. The molecule has 0 saturated carbocycles. The Kier molecular flexibility index (Phi) is 2.27. The third-order valence-electron chi connectivity index (χ3n) is 2.84. The van der Waals surface area contributed by atoms with Gasteiger partial charge in [-0.05, 0) is 31.2 Å². The number of fused-ring (bicyclic) bond motifs is 2. The van der Waals surface area contributed by atoms with Crippen LogP contribution in [0.5, 0.6) is 11.5 Å². The summed E-state index contributed by atoms with van der Waals surface area (Å²) in [7, 11) is 0. The average Bonchev–Trinajstić information content (AvgIpc) is 2.35. The zero-order valence-electron chi connectivity index (χ0n) is 9.50. The van der Waals surface area contributed by atoms with E-state index in [0.717, 1.165) is 22.9 Å². The lowest BCUT2D eigenvalue weighted by Gasteiger charge is -2.34. The summed E-state index contributed by atoms with van der Waals surface area (Å²) >= 11 is 0. The molecule has 1 atom stereocenters. The number of ether oxygens (including phenoxy) is 1. The van der Waals surface area contributed by atoms with E-state index >= 15 is 0 Å². The molecule has 0 radical (unpaired) electrons. The van der Waals surface area contributed by atoms with Gasteiger partial charge in [0.1, 0.15) is 6.23 Å². The van der Waals surface area contributed by atoms with E-state index in [-0.39, 0.29) is 0 Å². The Balaban J connectivity index is 2.21. The van der Waals surface area contributed by atoms with Gasteiger partial charge in [-0.15, -0.1) is 0 Å².